The predicted molar refractivity (Wildman–Crippen MR) is 123 cm³/mol. The number of carbonyl (C=O) groups is 3. The van der Waals surface area contributed by atoms with Crippen molar-refractivity contribution in [2.75, 3.05) is 13.2 Å². The molecule has 0 aromatic heterocycles. The van der Waals surface area contributed by atoms with E-state index in [4.69, 9.17) is 4.74 Å². The Kier molecular flexibility index (Phi) is 7.48. The van der Waals surface area contributed by atoms with Crippen molar-refractivity contribution in [2.45, 2.75) is 75.9 Å². The number of carbonyl (C=O) groups excluding carboxylic acids is 3. The minimum Gasteiger partial charge on any atom is -0.463 e. The number of cyclic esters (lactones) is 1. The highest BCUT2D eigenvalue weighted by Gasteiger charge is 2.39. The third-order valence-corrected chi connectivity index (χ3v) is 7.24. The second-order valence-electron chi connectivity index (χ2n) is 9.62. The van der Waals surface area contributed by atoms with Gasteiger partial charge in [-0.3, -0.25) is 14.4 Å². The molecule has 1 aliphatic carbocycles. The monoisotopic (exact) mass is 454 g/mol. The number of hydrogen-bond donors (Lipinski definition) is 2. The van der Waals surface area contributed by atoms with Crippen LogP contribution < -0.4 is 5.32 Å². The molecule has 4 rings (SSSR count). The van der Waals surface area contributed by atoms with Gasteiger partial charge in [0.1, 0.15) is 6.61 Å². The predicted octanol–water partition coefficient (Wildman–Crippen LogP) is 2.65. The van der Waals surface area contributed by atoms with Gasteiger partial charge >= 0.3 is 5.97 Å². The Morgan fingerprint density at radius 3 is 2.67 bits per heavy atom. The van der Waals surface area contributed by atoms with E-state index in [0.29, 0.717) is 32.2 Å². The van der Waals surface area contributed by atoms with Crippen LogP contribution in [0.1, 0.15) is 62.5 Å². The van der Waals surface area contributed by atoms with Crippen LogP contribution >= 0.6 is 0 Å². The van der Waals surface area contributed by atoms with Crippen LogP contribution in [-0.2, 0) is 32.1 Å². The van der Waals surface area contributed by atoms with Gasteiger partial charge in [0.05, 0.1) is 24.1 Å². The quantitative estimate of drug-likeness (QED) is 0.541. The molecular formula is C26H34N2O5. The lowest BCUT2D eigenvalue weighted by Gasteiger charge is -2.37. The highest BCUT2D eigenvalue weighted by atomic mass is 16.5. The molecule has 1 fully saturated rings. The molecule has 2 N–H and O–H groups in total. The molecule has 7 heteroatoms. The Morgan fingerprint density at radius 2 is 1.91 bits per heavy atom. The molecular weight excluding hydrogens is 420 g/mol. The van der Waals surface area contributed by atoms with E-state index < -0.39 is 11.5 Å². The van der Waals surface area contributed by atoms with Gasteiger partial charge in [-0.25, -0.2) is 0 Å². The molecule has 1 saturated carbocycles. The number of nitrogens with zero attached hydrogens (tertiary/aromatic N) is 1. The Balaban J connectivity index is 1.50. The van der Waals surface area contributed by atoms with Crippen molar-refractivity contribution < 1.29 is 24.2 Å². The van der Waals surface area contributed by atoms with E-state index in [1.54, 1.807) is 4.90 Å². The van der Waals surface area contributed by atoms with Crippen molar-refractivity contribution >= 4 is 17.8 Å². The number of esters is 1. The molecule has 2 amide bonds. The summed E-state index contributed by atoms with van der Waals surface area (Å²) in [5.41, 5.74) is 1.71. The smallest absolute Gasteiger partial charge is 0.306 e. The molecule has 1 aromatic carbocycles. The van der Waals surface area contributed by atoms with Gasteiger partial charge in [-0.2, -0.15) is 0 Å². The van der Waals surface area contributed by atoms with Gasteiger partial charge in [0.15, 0.2) is 0 Å². The number of allylic oxidation sites excluding steroid dienone is 2. The molecule has 178 valence electrons. The Bertz CT molecular complexity index is 906. The van der Waals surface area contributed by atoms with E-state index in [-0.39, 0.29) is 43.5 Å². The van der Waals surface area contributed by atoms with Crippen molar-refractivity contribution in [2.24, 2.45) is 5.92 Å². The van der Waals surface area contributed by atoms with Crippen molar-refractivity contribution in [3.8, 4) is 0 Å². The Labute approximate surface area is 195 Å². The number of ether oxygens (including phenoxy) is 1. The highest BCUT2D eigenvalue weighted by molar-refractivity contribution is 5.86. The minimum absolute atomic E-state index is 0.0880. The fourth-order valence-corrected chi connectivity index (χ4v) is 5.24. The molecule has 2 atom stereocenters. The van der Waals surface area contributed by atoms with E-state index in [1.165, 1.54) is 0 Å². The van der Waals surface area contributed by atoms with Crippen LogP contribution in [0, 0.1) is 5.92 Å². The van der Waals surface area contributed by atoms with Gasteiger partial charge < -0.3 is 20.1 Å². The van der Waals surface area contributed by atoms with Crippen LogP contribution in [-0.4, -0.2) is 52.6 Å². The summed E-state index contributed by atoms with van der Waals surface area (Å²) >= 11 is 0. The first-order chi connectivity index (χ1) is 16.0. The van der Waals surface area contributed by atoms with Crippen LogP contribution in [0.25, 0.3) is 0 Å². The van der Waals surface area contributed by atoms with Crippen LogP contribution in [0.5, 0.6) is 0 Å². The average Bonchev–Trinajstić information content (AvgIpc) is 3.28. The average molecular weight is 455 g/mol. The summed E-state index contributed by atoms with van der Waals surface area (Å²) < 4.78 is 5.48. The zero-order chi connectivity index (χ0) is 23.3. The number of aliphatic hydroxyl groups is 1. The van der Waals surface area contributed by atoms with Crippen molar-refractivity contribution in [1.29, 1.82) is 0 Å². The van der Waals surface area contributed by atoms with Gasteiger partial charge in [-0.1, -0.05) is 49.3 Å². The first-order valence-electron chi connectivity index (χ1n) is 12.1. The number of rotatable bonds is 3. The fourth-order valence-electron chi connectivity index (χ4n) is 5.24. The molecule has 0 saturated heterocycles. The lowest BCUT2D eigenvalue weighted by molar-refractivity contribution is -0.147. The summed E-state index contributed by atoms with van der Waals surface area (Å²) in [4.78, 5) is 40.4. The minimum atomic E-state index is -0.533. The number of aliphatic hydroxyl groups excluding tert-OH is 1. The zero-order valence-corrected chi connectivity index (χ0v) is 19.1. The van der Waals surface area contributed by atoms with Gasteiger partial charge in [-0.05, 0) is 43.2 Å². The molecule has 0 bridgehead atoms. The number of amides is 2. The molecule has 1 spiro atoms. The molecule has 7 nitrogen and oxygen atoms in total. The maximum atomic E-state index is 13.4. The summed E-state index contributed by atoms with van der Waals surface area (Å²) in [5.74, 6) is -1.02. The van der Waals surface area contributed by atoms with E-state index >= 15 is 0 Å². The highest BCUT2D eigenvalue weighted by Crippen LogP contribution is 2.32. The van der Waals surface area contributed by atoms with Gasteiger partial charge in [0.2, 0.25) is 11.8 Å². The largest absolute Gasteiger partial charge is 0.463 e. The first-order valence-corrected chi connectivity index (χ1v) is 12.1. The van der Waals surface area contributed by atoms with Crippen LogP contribution in [0.3, 0.4) is 0 Å². The van der Waals surface area contributed by atoms with E-state index in [9.17, 15) is 19.5 Å². The molecule has 2 aliphatic heterocycles. The third kappa shape index (κ3) is 5.64. The van der Waals surface area contributed by atoms with Crippen LogP contribution in [0.2, 0.25) is 0 Å². The number of nitrogens with one attached hydrogen (secondary N) is 1. The maximum Gasteiger partial charge on any atom is 0.306 e. The second-order valence-corrected chi connectivity index (χ2v) is 9.62. The summed E-state index contributed by atoms with van der Waals surface area (Å²) in [5, 5.41) is 13.1. The van der Waals surface area contributed by atoms with E-state index in [1.807, 2.05) is 36.4 Å². The summed E-state index contributed by atoms with van der Waals surface area (Å²) in [6.45, 7) is 0.535. The summed E-state index contributed by atoms with van der Waals surface area (Å²) in [6, 6.07) is 7.71. The lowest BCUT2D eigenvalue weighted by Crippen LogP contribution is -2.53. The van der Waals surface area contributed by atoms with Gasteiger partial charge in [-0.15, -0.1) is 0 Å². The molecule has 33 heavy (non-hydrogen) atoms. The topological polar surface area (TPSA) is 95.9 Å². The maximum absolute atomic E-state index is 13.4. The molecule has 0 radical (unpaired) electrons. The molecule has 2 heterocycles. The number of fused-ring (bicyclic) bond motifs is 1. The fraction of sp³-hybridized carbons (Fsp3) is 0.577. The summed E-state index contributed by atoms with van der Waals surface area (Å²) in [6.07, 6.45) is 9.30. The zero-order valence-electron chi connectivity index (χ0n) is 19.1. The number of hydrogen-bond acceptors (Lipinski definition) is 5. The first kappa shape index (κ1) is 23.5. The second kappa shape index (κ2) is 10.5. The normalized spacial score (nSPS) is 25.5. The number of benzene rings is 1. The van der Waals surface area contributed by atoms with Gasteiger partial charge in [0.25, 0.3) is 0 Å². The Morgan fingerprint density at radius 1 is 1.15 bits per heavy atom. The lowest BCUT2D eigenvalue weighted by atomic mass is 9.91. The SMILES string of the molecule is O=C1CCC=CCC(CC(=O)N2Cc3ccccc3CC2CO)C(=O)NC2(CCCC2)CO1. The molecule has 3 aliphatic rings. The molecule has 1 aromatic rings. The van der Waals surface area contributed by atoms with Crippen molar-refractivity contribution in [1.82, 2.24) is 10.2 Å². The van der Waals surface area contributed by atoms with E-state index in [0.717, 1.165) is 36.8 Å². The molecule has 2 unspecified atom stereocenters. The van der Waals surface area contributed by atoms with Crippen molar-refractivity contribution in [3.05, 3.63) is 47.5 Å². The third-order valence-electron chi connectivity index (χ3n) is 7.24. The van der Waals surface area contributed by atoms with Gasteiger partial charge in [0, 0.05) is 19.4 Å². The van der Waals surface area contributed by atoms with E-state index in [2.05, 4.69) is 5.32 Å². The van der Waals surface area contributed by atoms with Crippen molar-refractivity contribution in [3.63, 3.8) is 0 Å². The van der Waals surface area contributed by atoms with Crippen LogP contribution in [0.4, 0.5) is 0 Å². The Hall–Kier alpha value is -2.67. The summed E-state index contributed by atoms with van der Waals surface area (Å²) in [7, 11) is 0. The van der Waals surface area contributed by atoms with Crippen LogP contribution in [0.15, 0.2) is 36.4 Å². The standard InChI is InChI=1S/C26H34N2O5/c29-17-22-14-19-8-4-5-10-21(19)16-28(22)23(30)15-20-9-2-1-3-11-24(31)33-18-26(27-25(20)32)12-6-7-13-26/h1-2,4-5,8,10,20,22,29H,3,6-7,9,11-18H2,(H,27,32).